The van der Waals surface area contributed by atoms with Crippen molar-refractivity contribution >= 4 is 22.6 Å². The largest absolute Gasteiger partial charge is 0.331 e. The fourth-order valence-electron chi connectivity index (χ4n) is 0.681. The molecule has 2 heteroatoms. The first-order valence-electron chi connectivity index (χ1n) is 3.43. The van der Waals surface area contributed by atoms with Gasteiger partial charge in [0.15, 0.2) is 0 Å². The number of quaternary nitrogens is 1. The van der Waals surface area contributed by atoms with Crippen LogP contribution < -0.4 is 0 Å². The lowest BCUT2D eigenvalue weighted by molar-refractivity contribution is -0.870. The average Bonchev–Trinajstić information content (AvgIpc) is 1.63. The van der Waals surface area contributed by atoms with Gasteiger partial charge in [0, 0.05) is 0 Å². The van der Waals surface area contributed by atoms with Gasteiger partial charge in [0.05, 0.1) is 27.7 Å². The van der Waals surface area contributed by atoms with Gasteiger partial charge in [0.25, 0.3) is 0 Å². The maximum absolute atomic E-state index is 2.43. The summed E-state index contributed by atoms with van der Waals surface area (Å²) in [6.07, 6.45) is 2.74. The van der Waals surface area contributed by atoms with Crippen LogP contribution in [-0.2, 0) is 0 Å². The van der Waals surface area contributed by atoms with Gasteiger partial charge < -0.3 is 4.48 Å². The molecule has 0 saturated heterocycles. The number of rotatable bonds is 4. The first kappa shape index (κ1) is 9.69. The summed E-state index contributed by atoms with van der Waals surface area (Å²) in [5.74, 6) is 0. The van der Waals surface area contributed by atoms with Gasteiger partial charge in [-0.15, -0.1) is 0 Å². The van der Waals surface area contributed by atoms with Crippen LogP contribution in [0.1, 0.15) is 12.8 Å². The average molecular weight is 242 g/mol. The summed E-state index contributed by atoms with van der Waals surface area (Å²) in [7, 11) is 6.73. The van der Waals surface area contributed by atoms with Crippen LogP contribution in [0.3, 0.4) is 0 Å². The maximum Gasteiger partial charge on any atom is 0.0780 e. The summed E-state index contributed by atoms with van der Waals surface area (Å²) < 4.78 is 2.41. The highest BCUT2D eigenvalue weighted by molar-refractivity contribution is 14.1. The van der Waals surface area contributed by atoms with Crippen molar-refractivity contribution in [2.75, 3.05) is 32.1 Å². The van der Waals surface area contributed by atoms with Crippen LogP contribution in [0.5, 0.6) is 0 Å². The molecule has 0 fully saturated rings. The van der Waals surface area contributed by atoms with Crippen LogP contribution >= 0.6 is 22.6 Å². The summed E-state index contributed by atoms with van der Waals surface area (Å²) in [5, 5.41) is 0. The van der Waals surface area contributed by atoms with Gasteiger partial charge in [0.2, 0.25) is 0 Å². The molecule has 56 valence electrons. The van der Waals surface area contributed by atoms with Crippen LogP contribution in [0.4, 0.5) is 0 Å². The van der Waals surface area contributed by atoms with Gasteiger partial charge in [-0.1, -0.05) is 22.6 Å². The zero-order valence-corrected chi connectivity index (χ0v) is 8.81. The van der Waals surface area contributed by atoms with E-state index in [9.17, 15) is 0 Å². The second kappa shape index (κ2) is 4.50. The molecule has 0 radical (unpaired) electrons. The third-order valence-corrected chi connectivity index (χ3v) is 1.98. The Labute approximate surface area is 72.2 Å². The number of hydrogen-bond acceptors (Lipinski definition) is 0. The van der Waals surface area contributed by atoms with E-state index in [0.29, 0.717) is 0 Å². The van der Waals surface area contributed by atoms with Crippen molar-refractivity contribution in [1.29, 1.82) is 0 Å². The van der Waals surface area contributed by atoms with E-state index in [1.165, 1.54) is 23.8 Å². The van der Waals surface area contributed by atoms with Crippen molar-refractivity contribution in [1.82, 2.24) is 0 Å². The predicted octanol–water partition coefficient (Wildman–Crippen LogP) is 1.91. The zero-order valence-electron chi connectivity index (χ0n) is 6.65. The van der Waals surface area contributed by atoms with E-state index in [2.05, 4.69) is 43.7 Å². The highest BCUT2D eigenvalue weighted by Crippen LogP contribution is 1.99. The minimum atomic E-state index is 1.11. The molecule has 0 amide bonds. The number of unbranched alkanes of at least 4 members (excludes halogenated alkanes) is 1. The Morgan fingerprint density at radius 1 is 1.11 bits per heavy atom. The fraction of sp³-hybridized carbons (Fsp3) is 1.00. The summed E-state index contributed by atoms with van der Waals surface area (Å²) >= 11 is 2.43. The van der Waals surface area contributed by atoms with Crippen LogP contribution in [0.15, 0.2) is 0 Å². The molecule has 9 heavy (non-hydrogen) atoms. The summed E-state index contributed by atoms with van der Waals surface area (Å²) in [5.41, 5.74) is 0. The van der Waals surface area contributed by atoms with Crippen molar-refractivity contribution in [3.05, 3.63) is 0 Å². The number of halogens is 1. The first-order chi connectivity index (χ1) is 4.06. The monoisotopic (exact) mass is 242 g/mol. The van der Waals surface area contributed by atoms with E-state index in [1.54, 1.807) is 0 Å². The quantitative estimate of drug-likeness (QED) is 0.306. The fourth-order valence-corrected chi connectivity index (χ4v) is 1.22. The lowest BCUT2D eigenvalue weighted by atomic mass is 10.3. The number of hydrogen-bond donors (Lipinski definition) is 0. The van der Waals surface area contributed by atoms with Gasteiger partial charge in [0.1, 0.15) is 0 Å². The lowest BCUT2D eigenvalue weighted by Gasteiger charge is -2.23. The molecule has 0 bridgehead atoms. The van der Waals surface area contributed by atoms with Crippen molar-refractivity contribution in [2.45, 2.75) is 12.8 Å². The standard InChI is InChI=1S/C7H17IN/c1-9(2,3)7-5-4-6-8/h4-7H2,1-3H3/q+1. The minimum absolute atomic E-state index is 1.11. The molecule has 0 aromatic rings. The second-order valence-corrected chi connectivity index (χ2v) is 4.49. The van der Waals surface area contributed by atoms with Gasteiger partial charge in [-0.2, -0.15) is 0 Å². The van der Waals surface area contributed by atoms with E-state index in [0.717, 1.165) is 4.48 Å². The van der Waals surface area contributed by atoms with Crippen LogP contribution in [-0.4, -0.2) is 36.6 Å². The van der Waals surface area contributed by atoms with E-state index in [-0.39, 0.29) is 0 Å². The summed E-state index contributed by atoms with van der Waals surface area (Å²) in [6.45, 7) is 1.31. The van der Waals surface area contributed by atoms with E-state index in [1.807, 2.05) is 0 Å². The van der Waals surface area contributed by atoms with E-state index >= 15 is 0 Å². The van der Waals surface area contributed by atoms with Crippen molar-refractivity contribution in [3.63, 3.8) is 0 Å². The number of alkyl halides is 1. The van der Waals surface area contributed by atoms with Crippen molar-refractivity contribution < 1.29 is 4.48 Å². The Morgan fingerprint density at radius 2 is 1.67 bits per heavy atom. The molecule has 0 rings (SSSR count). The third-order valence-electron chi connectivity index (χ3n) is 1.21. The molecular weight excluding hydrogens is 225 g/mol. The molecule has 0 unspecified atom stereocenters. The Hall–Kier alpha value is 0.690. The molecule has 0 spiro atoms. The maximum atomic E-state index is 2.43. The topological polar surface area (TPSA) is 0 Å². The molecule has 0 atom stereocenters. The normalized spacial score (nSPS) is 12.0. The van der Waals surface area contributed by atoms with E-state index in [4.69, 9.17) is 0 Å². The molecule has 0 aliphatic heterocycles. The Kier molecular flexibility index (Phi) is 4.84. The van der Waals surface area contributed by atoms with Crippen molar-refractivity contribution in [3.8, 4) is 0 Å². The van der Waals surface area contributed by atoms with Crippen LogP contribution in [0, 0.1) is 0 Å². The molecule has 0 saturated carbocycles. The van der Waals surface area contributed by atoms with Gasteiger partial charge in [-0.25, -0.2) is 0 Å². The van der Waals surface area contributed by atoms with Gasteiger partial charge in [-0.05, 0) is 17.3 Å². The van der Waals surface area contributed by atoms with E-state index < -0.39 is 0 Å². The van der Waals surface area contributed by atoms with Gasteiger partial charge >= 0.3 is 0 Å². The Balaban J connectivity index is 3.07. The predicted molar refractivity (Wildman–Crippen MR) is 51.0 cm³/mol. The summed E-state index contributed by atoms with van der Waals surface area (Å²) in [4.78, 5) is 0. The molecule has 1 nitrogen and oxygen atoms in total. The molecule has 0 aromatic carbocycles. The zero-order chi connectivity index (χ0) is 7.33. The Bertz CT molecular complexity index is 65.8. The summed E-state index contributed by atoms with van der Waals surface area (Å²) in [6, 6.07) is 0. The Morgan fingerprint density at radius 3 is 2.00 bits per heavy atom. The smallest absolute Gasteiger partial charge is 0.0780 e. The highest BCUT2D eigenvalue weighted by Gasteiger charge is 2.03. The first-order valence-corrected chi connectivity index (χ1v) is 4.95. The molecule has 0 aliphatic carbocycles. The molecule has 0 N–H and O–H groups in total. The molecule has 0 heterocycles. The van der Waals surface area contributed by atoms with Crippen LogP contribution in [0.2, 0.25) is 0 Å². The molecule has 0 aromatic heterocycles. The highest BCUT2D eigenvalue weighted by atomic mass is 127. The van der Waals surface area contributed by atoms with Crippen LogP contribution in [0.25, 0.3) is 0 Å². The number of nitrogens with zero attached hydrogens (tertiary/aromatic N) is 1. The third kappa shape index (κ3) is 8.69. The molecule has 0 aliphatic rings. The van der Waals surface area contributed by atoms with Gasteiger partial charge in [-0.3, -0.25) is 0 Å². The second-order valence-electron chi connectivity index (χ2n) is 3.41. The molecular formula is C7H17IN+. The minimum Gasteiger partial charge on any atom is -0.331 e. The van der Waals surface area contributed by atoms with Crippen molar-refractivity contribution in [2.24, 2.45) is 0 Å². The lowest BCUT2D eigenvalue weighted by Crippen LogP contribution is -2.35. The SMILES string of the molecule is C[N+](C)(C)CCCCI.